The van der Waals surface area contributed by atoms with Gasteiger partial charge in [-0.3, -0.25) is 9.48 Å². The monoisotopic (exact) mass is 309 g/mol. The number of nitrogen functional groups attached to an aromatic ring is 1. The minimum atomic E-state index is -0.134. The predicted molar refractivity (Wildman–Crippen MR) is 83.8 cm³/mol. The normalized spacial score (nSPS) is 10.5. The molecule has 7 nitrogen and oxygen atoms in total. The lowest BCUT2D eigenvalue weighted by atomic mass is 10.3. The molecule has 0 atom stereocenters. The second-order valence-corrected chi connectivity index (χ2v) is 5.80. The third kappa shape index (κ3) is 3.10. The van der Waals surface area contributed by atoms with Gasteiger partial charge < -0.3 is 20.7 Å². The van der Waals surface area contributed by atoms with E-state index in [0.717, 1.165) is 10.6 Å². The van der Waals surface area contributed by atoms with Crippen LogP contribution in [0.3, 0.4) is 0 Å². The van der Waals surface area contributed by atoms with Gasteiger partial charge in [-0.15, -0.1) is 11.3 Å². The highest BCUT2D eigenvalue weighted by Crippen LogP contribution is 2.42. The van der Waals surface area contributed by atoms with E-state index in [-0.39, 0.29) is 5.91 Å². The minimum Gasteiger partial charge on any atom is -0.492 e. The molecular weight excluding hydrogens is 290 g/mol. The maximum Gasteiger partial charge on any atom is 0.265 e. The van der Waals surface area contributed by atoms with Crippen molar-refractivity contribution in [3.8, 4) is 5.75 Å². The number of carbonyl (C=O) groups excluding carboxylic acids is 1. The third-order valence-electron chi connectivity index (χ3n) is 2.92. The number of amides is 1. The summed E-state index contributed by atoms with van der Waals surface area (Å²) >= 11 is 1.29. The number of hydrogen-bond acceptors (Lipinski definition) is 6. The van der Waals surface area contributed by atoms with Crippen LogP contribution in [-0.2, 0) is 13.6 Å². The highest BCUT2D eigenvalue weighted by molar-refractivity contribution is 7.19. The Hall–Kier alpha value is -2.22. The van der Waals surface area contributed by atoms with Crippen LogP contribution in [0.25, 0.3) is 0 Å². The minimum absolute atomic E-state index is 0.134. The van der Waals surface area contributed by atoms with Crippen molar-refractivity contribution in [2.75, 3.05) is 32.3 Å². The quantitative estimate of drug-likeness (QED) is 0.871. The zero-order valence-electron chi connectivity index (χ0n) is 12.5. The van der Waals surface area contributed by atoms with E-state index in [1.807, 2.05) is 13.2 Å². The molecule has 0 saturated carbocycles. The predicted octanol–water partition coefficient (Wildman–Crippen LogP) is 1.39. The van der Waals surface area contributed by atoms with E-state index < -0.39 is 0 Å². The summed E-state index contributed by atoms with van der Waals surface area (Å²) < 4.78 is 7.05. The number of nitrogens with zero attached hydrogens (tertiary/aromatic N) is 3. The summed E-state index contributed by atoms with van der Waals surface area (Å²) in [6.07, 6.45) is 3.70. The molecule has 0 aliphatic rings. The van der Waals surface area contributed by atoms with Crippen LogP contribution < -0.4 is 15.8 Å². The first-order valence-corrected chi connectivity index (χ1v) is 7.15. The fourth-order valence-electron chi connectivity index (χ4n) is 1.86. The van der Waals surface area contributed by atoms with Gasteiger partial charge >= 0.3 is 0 Å². The molecule has 114 valence electrons. The number of nitrogens with two attached hydrogens (primary N) is 1. The van der Waals surface area contributed by atoms with Gasteiger partial charge in [0, 0.05) is 39.4 Å². The van der Waals surface area contributed by atoms with E-state index in [0.29, 0.717) is 22.9 Å². The van der Waals surface area contributed by atoms with Gasteiger partial charge in [-0.25, -0.2) is 0 Å². The van der Waals surface area contributed by atoms with Gasteiger partial charge in [-0.2, -0.15) is 5.10 Å². The Morgan fingerprint density at radius 3 is 2.81 bits per heavy atom. The second kappa shape index (κ2) is 6.04. The van der Waals surface area contributed by atoms with Crippen LogP contribution in [0.15, 0.2) is 12.4 Å². The van der Waals surface area contributed by atoms with Crippen LogP contribution >= 0.6 is 11.3 Å². The summed E-state index contributed by atoms with van der Waals surface area (Å²) in [6, 6.07) is 0. The fraction of sp³-hybridized carbons (Fsp3) is 0.385. The smallest absolute Gasteiger partial charge is 0.265 e. The second-order valence-electron chi connectivity index (χ2n) is 4.78. The summed E-state index contributed by atoms with van der Waals surface area (Å²) in [5, 5.41) is 8.09. The van der Waals surface area contributed by atoms with Gasteiger partial charge in [-0.1, -0.05) is 0 Å². The standard InChI is InChI=1S/C13H19N5O2S/c1-17(2)13(19)11-9(14)10(20-4)12(21-11)15-5-8-6-16-18(3)7-8/h6-7,15H,5,14H2,1-4H3. The Morgan fingerprint density at radius 1 is 1.57 bits per heavy atom. The van der Waals surface area contributed by atoms with E-state index in [4.69, 9.17) is 10.5 Å². The van der Waals surface area contributed by atoms with Gasteiger partial charge in [0.25, 0.3) is 5.91 Å². The number of nitrogens with one attached hydrogen (secondary N) is 1. The number of carbonyl (C=O) groups is 1. The van der Waals surface area contributed by atoms with E-state index in [1.165, 1.54) is 23.3 Å². The van der Waals surface area contributed by atoms with Crippen molar-refractivity contribution in [2.24, 2.45) is 7.05 Å². The molecule has 1 amide bonds. The zero-order chi connectivity index (χ0) is 15.6. The molecule has 0 spiro atoms. The van der Waals surface area contributed by atoms with Crippen LogP contribution in [0.4, 0.5) is 10.7 Å². The van der Waals surface area contributed by atoms with Crippen molar-refractivity contribution in [3.63, 3.8) is 0 Å². The molecule has 2 aromatic rings. The lowest BCUT2D eigenvalue weighted by Crippen LogP contribution is -2.21. The highest BCUT2D eigenvalue weighted by atomic mass is 32.1. The van der Waals surface area contributed by atoms with Crippen molar-refractivity contribution < 1.29 is 9.53 Å². The first-order valence-electron chi connectivity index (χ1n) is 6.33. The Bertz CT molecular complexity index is 647. The van der Waals surface area contributed by atoms with Gasteiger partial charge in [0.15, 0.2) is 5.75 Å². The average Bonchev–Trinajstić information content (AvgIpc) is 2.99. The molecule has 2 heterocycles. The Morgan fingerprint density at radius 2 is 2.29 bits per heavy atom. The average molecular weight is 309 g/mol. The number of aromatic nitrogens is 2. The Labute approximate surface area is 127 Å². The maximum absolute atomic E-state index is 12.1. The van der Waals surface area contributed by atoms with Gasteiger partial charge in [0.05, 0.1) is 13.3 Å². The molecule has 0 aliphatic carbocycles. The van der Waals surface area contributed by atoms with Crippen molar-refractivity contribution in [2.45, 2.75) is 6.54 Å². The van der Waals surface area contributed by atoms with Crippen LogP contribution in [0.1, 0.15) is 15.2 Å². The SMILES string of the molecule is COc1c(NCc2cnn(C)c2)sc(C(=O)N(C)C)c1N. The summed E-state index contributed by atoms with van der Waals surface area (Å²) in [5.41, 5.74) is 7.41. The van der Waals surface area contributed by atoms with Gasteiger partial charge in [0.2, 0.25) is 0 Å². The molecular formula is C13H19N5O2S. The Balaban J connectivity index is 2.22. The molecule has 0 unspecified atom stereocenters. The molecule has 3 N–H and O–H groups in total. The topological polar surface area (TPSA) is 85.4 Å². The molecule has 21 heavy (non-hydrogen) atoms. The number of hydrogen-bond donors (Lipinski definition) is 2. The first-order chi connectivity index (χ1) is 9.93. The molecule has 0 aromatic carbocycles. The van der Waals surface area contributed by atoms with Crippen molar-refractivity contribution in [1.29, 1.82) is 0 Å². The summed E-state index contributed by atoms with van der Waals surface area (Å²) in [4.78, 5) is 14.1. The van der Waals surface area contributed by atoms with Crippen LogP contribution in [0.5, 0.6) is 5.75 Å². The number of ether oxygens (including phenoxy) is 1. The van der Waals surface area contributed by atoms with E-state index >= 15 is 0 Å². The van der Waals surface area contributed by atoms with Crippen LogP contribution in [0, 0.1) is 0 Å². The summed E-state index contributed by atoms with van der Waals surface area (Å²) in [5.74, 6) is 0.374. The zero-order valence-corrected chi connectivity index (χ0v) is 13.3. The molecule has 2 rings (SSSR count). The fourth-order valence-corrected chi connectivity index (χ4v) is 2.96. The molecule has 8 heteroatoms. The van der Waals surface area contributed by atoms with Crippen molar-refractivity contribution >= 4 is 27.9 Å². The van der Waals surface area contributed by atoms with E-state index in [2.05, 4.69) is 10.4 Å². The molecule has 0 saturated heterocycles. The van der Waals surface area contributed by atoms with Crippen molar-refractivity contribution in [1.82, 2.24) is 14.7 Å². The molecule has 0 aliphatic heterocycles. The van der Waals surface area contributed by atoms with Gasteiger partial charge in [0.1, 0.15) is 15.6 Å². The Kier molecular flexibility index (Phi) is 4.37. The van der Waals surface area contributed by atoms with E-state index in [9.17, 15) is 4.79 Å². The molecule has 2 aromatic heterocycles. The lowest BCUT2D eigenvalue weighted by Gasteiger charge is -2.08. The lowest BCUT2D eigenvalue weighted by molar-refractivity contribution is 0.0833. The summed E-state index contributed by atoms with van der Waals surface area (Å²) in [7, 11) is 6.78. The van der Waals surface area contributed by atoms with Gasteiger partial charge in [-0.05, 0) is 0 Å². The maximum atomic E-state index is 12.1. The number of thiophene rings is 1. The third-order valence-corrected chi connectivity index (χ3v) is 4.05. The largest absolute Gasteiger partial charge is 0.492 e. The van der Waals surface area contributed by atoms with Crippen LogP contribution in [-0.4, -0.2) is 41.8 Å². The number of aryl methyl sites for hydroxylation is 1. The van der Waals surface area contributed by atoms with Crippen LogP contribution in [0.2, 0.25) is 0 Å². The van der Waals surface area contributed by atoms with E-state index in [1.54, 1.807) is 25.0 Å². The molecule has 0 fully saturated rings. The number of anilines is 2. The number of methoxy groups -OCH3 is 1. The highest BCUT2D eigenvalue weighted by Gasteiger charge is 2.22. The molecule has 0 radical (unpaired) electrons. The number of rotatable bonds is 5. The van der Waals surface area contributed by atoms with Crippen molar-refractivity contribution in [3.05, 3.63) is 22.8 Å². The first kappa shape index (κ1) is 15.2. The summed E-state index contributed by atoms with van der Waals surface area (Å²) in [6.45, 7) is 0.583. The molecule has 0 bridgehead atoms.